The predicted molar refractivity (Wildman–Crippen MR) is 70.8 cm³/mol. The molecule has 0 fully saturated rings. The molecule has 1 unspecified atom stereocenters. The van der Waals surface area contributed by atoms with Gasteiger partial charge in [-0.2, -0.15) is 0 Å². The van der Waals surface area contributed by atoms with Crippen LogP contribution in [-0.4, -0.2) is 41.4 Å². The Kier molecular flexibility index (Phi) is 6.02. The first kappa shape index (κ1) is 15.5. The number of aromatic nitrogens is 1. The molecule has 0 spiro atoms. The van der Waals surface area contributed by atoms with E-state index in [4.69, 9.17) is 14.6 Å². The van der Waals surface area contributed by atoms with E-state index in [1.165, 1.54) is 24.3 Å². The van der Waals surface area contributed by atoms with Gasteiger partial charge in [0, 0.05) is 6.07 Å². The van der Waals surface area contributed by atoms with E-state index in [-0.39, 0.29) is 30.8 Å². The van der Waals surface area contributed by atoms with Gasteiger partial charge in [0.1, 0.15) is 13.2 Å². The lowest BCUT2D eigenvalue weighted by Gasteiger charge is -2.14. The van der Waals surface area contributed by atoms with Crippen LogP contribution in [0.2, 0.25) is 0 Å². The Morgan fingerprint density at radius 3 is 2.95 bits per heavy atom. The molecule has 1 atom stereocenters. The number of pyridine rings is 1. The maximum Gasteiger partial charge on any atom is 0.407 e. The fraction of sp³-hybridized carbons (Fsp3) is 0.308. The average Bonchev–Trinajstić information content (AvgIpc) is 2.43. The molecule has 0 saturated heterocycles. The number of hydrogen-bond acceptors (Lipinski definition) is 5. The quantitative estimate of drug-likeness (QED) is 0.734. The third-order valence-electron chi connectivity index (χ3n) is 2.12. The van der Waals surface area contributed by atoms with Crippen molar-refractivity contribution in [1.82, 2.24) is 10.3 Å². The molecular formula is C13H16N2O5. The summed E-state index contributed by atoms with van der Waals surface area (Å²) < 4.78 is 10.0. The summed E-state index contributed by atoms with van der Waals surface area (Å²) in [5, 5.41) is 11.3. The summed E-state index contributed by atoms with van der Waals surface area (Å²) in [6.45, 7) is 5.41. The molecule has 0 aliphatic heterocycles. The van der Waals surface area contributed by atoms with Crippen molar-refractivity contribution in [1.29, 1.82) is 0 Å². The zero-order valence-corrected chi connectivity index (χ0v) is 11.0. The SMILES string of the molecule is C=CCOC(=O)NC(C)COc1cccc(C(=O)O)n1. The van der Waals surface area contributed by atoms with Crippen molar-refractivity contribution < 1.29 is 24.2 Å². The standard InChI is InChI=1S/C13H16N2O5/c1-3-7-19-13(18)14-9(2)8-20-11-6-4-5-10(15-11)12(16)17/h3-6,9H,1,7-8H2,2H3,(H,14,18)(H,16,17). The number of aromatic carboxylic acids is 1. The van der Waals surface area contributed by atoms with Crippen molar-refractivity contribution >= 4 is 12.1 Å². The fourth-order valence-electron chi connectivity index (χ4n) is 1.24. The summed E-state index contributed by atoms with van der Waals surface area (Å²) in [5.74, 6) is -0.951. The molecule has 1 heterocycles. The van der Waals surface area contributed by atoms with Crippen molar-refractivity contribution in [2.45, 2.75) is 13.0 Å². The average molecular weight is 280 g/mol. The highest BCUT2D eigenvalue weighted by Crippen LogP contribution is 2.07. The number of alkyl carbamates (subject to hydrolysis) is 1. The molecule has 0 aliphatic rings. The molecule has 20 heavy (non-hydrogen) atoms. The molecule has 1 aromatic heterocycles. The molecule has 1 rings (SSSR count). The normalized spacial score (nSPS) is 11.2. The van der Waals surface area contributed by atoms with Crippen LogP contribution >= 0.6 is 0 Å². The third-order valence-corrected chi connectivity index (χ3v) is 2.12. The van der Waals surface area contributed by atoms with Gasteiger partial charge in [-0.3, -0.25) is 0 Å². The summed E-state index contributed by atoms with van der Waals surface area (Å²) in [5.41, 5.74) is -0.103. The zero-order chi connectivity index (χ0) is 15.0. The third kappa shape index (κ3) is 5.38. The molecule has 108 valence electrons. The van der Waals surface area contributed by atoms with E-state index in [0.29, 0.717) is 0 Å². The summed E-state index contributed by atoms with van der Waals surface area (Å²) in [7, 11) is 0. The van der Waals surface area contributed by atoms with E-state index in [1.807, 2.05) is 0 Å². The lowest BCUT2D eigenvalue weighted by atomic mass is 10.3. The second-order valence-electron chi connectivity index (χ2n) is 3.91. The molecule has 0 aromatic carbocycles. The molecule has 0 bridgehead atoms. The number of carboxylic acid groups (broad SMARTS) is 1. The van der Waals surface area contributed by atoms with Crippen LogP contribution in [0.15, 0.2) is 30.9 Å². The summed E-state index contributed by atoms with van der Waals surface area (Å²) in [6.07, 6.45) is 0.885. The molecule has 7 nitrogen and oxygen atoms in total. The smallest absolute Gasteiger partial charge is 0.407 e. The van der Waals surface area contributed by atoms with Crippen LogP contribution in [0.4, 0.5) is 4.79 Å². The van der Waals surface area contributed by atoms with Gasteiger partial charge in [-0.25, -0.2) is 14.6 Å². The number of carboxylic acids is 1. The molecule has 1 amide bonds. The number of rotatable bonds is 7. The topological polar surface area (TPSA) is 97.8 Å². The second-order valence-corrected chi connectivity index (χ2v) is 3.91. The monoisotopic (exact) mass is 280 g/mol. The second kappa shape index (κ2) is 7.78. The van der Waals surface area contributed by atoms with E-state index in [1.54, 1.807) is 6.92 Å². The minimum Gasteiger partial charge on any atom is -0.477 e. The van der Waals surface area contributed by atoms with Gasteiger partial charge in [0.15, 0.2) is 5.69 Å². The number of carbonyl (C=O) groups excluding carboxylic acids is 1. The number of nitrogens with one attached hydrogen (secondary N) is 1. The lowest BCUT2D eigenvalue weighted by Crippen LogP contribution is -2.37. The number of amides is 1. The minimum absolute atomic E-state index is 0.103. The van der Waals surface area contributed by atoms with Crippen LogP contribution in [-0.2, 0) is 4.74 Å². The van der Waals surface area contributed by atoms with Crippen LogP contribution < -0.4 is 10.1 Å². The molecule has 0 radical (unpaired) electrons. The summed E-state index contributed by atoms with van der Waals surface area (Å²) in [6, 6.07) is 4.11. The van der Waals surface area contributed by atoms with Gasteiger partial charge in [-0.15, -0.1) is 0 Å². The molecule has 0 aliphatic carbocycles. The molecule has 1 aromatic rings. The summed E-state index contributed by atoms with van der Waals surface area (Å²) in [4.78, 5) is 25.8. The highest BCUT2D eigenvalue weighted by Gasteiger charge is 2.10. The first-order chi connectivity index (χ1) is 9.52. The Hall–Kier alpha value is -2.57. The fourth-order valence-corrected chi connectivity index (χ4v) is 1.24. The number of ether oxygens (including phenoxy) is 2. The lowest BCUT2D eigenvalue weighted by molar-refractivity contribution is 0.0689. The van der Waals surface area contributed by atoms with Gasteiger partial charge in [0.2, 0.25) is 5.88 Å². The Morgan fingerprint density at radius 2 is 2.30 bits per heavy atom. The van der Waals surface area contributed by atoms with Crippen molar-refractivity contribution in [2.75, 3.05) is 13.2 Å². The van der Waals surface area contributed by atoms with Crippen LogP contribution in [0.25, 0.3) is 0 Å². The zero-order valence-electron chi connectivity index (χ0n) is 11.0. The predicted octanol–water partition coefficient (Wildman–Crippen LogP) is 1.46. The van der Waals surface area contributed by atoms with Crippen molar-refractivity contribution in [3.8, 4) is 5.88 Å². The largest absolute Gasteiger partial charge is 0.477 e. The van der Waals surface area contributed by atoms with Gasteiger partial charge in [0.05, 0.1) is 6.04 Å². The van der Waals surface area contributed by atoms with Crippen LogP contribution in [0.3, 0.4) is 0 Å². The molecule has 2 N–H and O–H groups in total. The van der Waals surface area contributed by atoms with E-state index < -0.39 is 12.1 Å². The minimum atomic E-state index is -1.13. The number of carbonyl (C=O) groups is 2. The molecular weight excluding hydrogens is 264 g/mol. The molecule has 7 heteroatoms. The highest BCUT2D eigenvalue weighted by molar-refractivity contribution is 5.85. The first-order valence-electron chi connectivity index (χ1n) is 5.90. The van der Waals surface area contributed by atoms with Gasteiger partial charge in [-0.1, -0.05) is 18.7 Å². The van der Waals surface area contributed by atoms with Crippen LogP contribution in [0.1, 0.15) is 17.4 Å². The number of nitrogens with zero attached hydrogens (tertiary/aromatic N) is 1. The van der Waals surface area contributed by atoms with E-state index >= 15 is 0 Å². The van der Waals surface area contributed by atoms with Crippen LogP contribution in [0, 0.1) is 0 Å². The van der Waals surface area contributed by atoms with E-state index in [2.05, 4.69) is 16.9 Å². The first-order valence-corrected chi connectivity index (χ1v) is 5.90. The van der Waals surface area contributed by atoms with Crippen molar-refractivity contribution in [3.63, 3.8) is 0 Å². The summed E-state index contributed by atoms with van der Waals surface area (Å²) >= 11 is 0. The number of hydrogen-bond donors (Lipinski definition) is 2. The van der Waals surface area contributed by atoms with E-state index in [0.717, 1.165) is 0 Å². The Balaban J connectivity index is 2.42. The maximum absolute atomic E-state index is 11.2. The van der Waals surface area contributed by atoms with Crippen LogP contribution in [0.5, 0.6) is 5.88 Å². The maximum atomic E-state index is 11.2. The Morgan fingerprint density at radius 1 is 1.55 bits per heavy atom. The highest BCUT2D eigenvalue weighted by atomic mass is 16.5. The molecule has 0 saturated carbocycles. The van der Waals surface area contributed by atoms with Crippen molar-refractivity contribution in [3.05, 3.63) is 36.5 Å². The van der Waals surface area contributed by atoms with Gasteiger partial charge < -0.3 is 19.9 Å². The van der Waals surface area contributed by atoms with Gasteiger partial charge >= 0.3 is 12.1 Å². The Labute approximate surface area is 116 Å². The van der Waals surface area contributed by atoms with Gasteiger partial charge in [-0.05, 0) is 13.0 Å². The van der Waals surface area contributed by atoms with Gasteiger partial charge in [0.25, 0.3) is 0 Å². The van der Waals surface area contributed by atoms with E-state index in [9.17, 15) is 9.59 Å². The van der Waals surface area contributed by atoms with Crippen molar-refractivity contribution in [2.24, 2.45) is 0 Å². The Bertz CT molecular complexity index is 489.